The molecule has 0 bridgehead atoms. The van der Waals surface area contributed by atoms with Gasteiger partial charge in [0.05, 0.1) is 11.6 Å². The summed E-state index contributed by atoms with van der Waals surface area (Å²) in [5.74, 6) is -0.835. The average Bonchev–Trinajstić information content (AvgIpc) is 2.47. The van der Waals surface area contributed by atoms with Crippen molar-refractivity contribution in [2.24, 2.45) is 0 Å². The molecule has 0 atom stereocenters. The highest BCUT2D eigenvalue weighted by Crippen LogP contribution is 2.40. The van der Waals surface area contributed by atoms with Crippen LogP contribution in [0.25, 0.3) is 22.6 Å². The van der Waals surface area contributed by atoms with E-state index in [0.717, 1.165) is 18.2 Å². The maximum absolute atomic E-state index is 11.5. The van der Waals surface area contributed by atoms with Crippen molar-refractivity contribution >= 4 is 10.4 Å². The van der Waals surface area contributed by atoms with Gasteiger partial charge in [0.25, 0.3) is 0 Å². The van der Waals surface area contributed by atoms with Crippen molar-refractivity contribution in [2.75, 3.05) is 0 Å². The van der Waals surface area contributed by atoms with Crippen LogP contribution in [0.4, 0.5) is 0 Å². The number of phenolic OH excluding ortho intramolecular Hbond substituents is 2. The minimum atomic E-state index is -4.61. The second-order valence-electron chi connectivity index (χ2n) is 4.87. The lowest BCUT2D eigenvalue weighted by Crippen LogP contribution is -2.00. The number of phenols is 2. The van der Waals surface area contributed by atoms with Gasteiger partial charge in [-0.2, -0.15) is 0 Å². The van der Waals surface area contributed by atoms with Gasteiger partial charge in [0.2, 0.25) is 5.76 Å². The zero-order valence-electron chi connectivity index (χ0n) is 11.9. The highest BCUT2D eigenvalue weighted by atomic mass is 32.3. The third-order valence-electron chi connectivity index (χ3n) is 3.13. The van der Waals surface area contributed by atoms with E-state index in [9.17, 15) is 19.2 Å². The smallest absolute Gasteiger partial charge is 0.508 e. The molecule has 3 rings (SSSR count). The van der Waals surface area contributed by atoms with Crippen LogP contribution in [0.1, 0.15) is 0 Å². The summed E-state index contributed by atoms with van der Waals surface area (Å²) in [4.78, 5) is 11.5. The van der Waals surface area contributed by atoms with Crippen molar-refractivity contribution in [3.63, 3.8) is 0 Å². The maximum Gasteiger partial charge on any atom is 0.563 e. The van der Waals surface area contributed by atoms with E-state index >= 15 is 0 Å². The van der Waals surface area contributed by atoms with Crippen LogP contribution in [-0.4, -0.2) is 23.5 Å². The summed E-state index contributed by atoms with van der Waals surface area (Å²) in [6.07, 6.45) is 0. The molecule has 1 aromatic carbocycles. The summed E-state index contributed by atoms with van der Waals surface area (Å²) >= 11 is 0. The normalized spacial score (nSPS) is 11.6. The van der Waals surface area contributed by atoms with Crippen molar-refractivity contribution in [1.82, 2.24) is 0 Å². The molecule has 24 heavy (non-hydrogen) atoms. The predicted octanol–water partition coefficient (Wildman–Crippen LogP) is 2.65. The van der Waals surface area contributed by atoms with Gasteiger partial charge in [0.15, 0.2) is 5.43 Å². The molecule has 0 unspecified atom stereocenters. The topological polar surface area (TPSA) is 140 Å². The average molecular weight is 351 g/mol. The van der Waals surface area contributed by atoms with Crippen molar-refractivity contribution in [1.29, 1.82) is 0 Å². The molecule has 2 aliphatic rings. The second-order valence-corrected chi connectivity index (χ2v) is 5.93. The summed E-state index contributed by atoms with van der Waals surface area (Å²) < 4.78 is 39.4. The van der Waals surface area contributed by atoms with Gasteiger partial charge in [-0.05, 0) is 24.3 Å². The minimum Gasteiger partial charge on any atom is -0.508 e. The molecule has 0 aromatic heterocycles. The summed E-state index contributed by atoms with van der Waals surface area (Å²) in [6.45, 7) is 0. The van der Waals surface area contributed by atoms with Crippen LogP contribution >= 0.6 is 0 Å². The number of fused-ring (bicyclic) bond motifs is 1. The van der Waals surface area contributed by atoms with E-state index in [1.165, 1.54) is 24.3 Å². The van der Waals surface area contributed by atoms with E-state index in [4.69, 9.17) is 13.5 Å². The minimum absolute atomic E-state index is 0.0119. The van der Waals surface area contributed by atoms with Gasteiger partial charge in [-0.15, -0.1) is 8.05 Å². The lowest BCUT2D eigenvalue weighted by atomic mass is 10.1. The fourth-order valence-electron chi connectivity index (χ4n) is 2.17. The van der Waals surface area contributed by atoms with E-state index < -0.39 is 21.6 Å². The molecule has 0 radical (unpaired) electrons. The van der Waals surface area contributed by atoms with Crippen molar-refractivity contribution in [2.45, 2.75) is 0 Å². The van der Waals surface area contributed by atoms with Gasteiger partial charge >= 0.3 is 16.1 Å². The van der Waals surface area contributed by atoms with Crippen LogP contribution in [0, 0.1) is 0 Å². The molecular formula is C15H11O8S+. The SMILES string of the molecule is O=c1cc2oc(-c3ccc(O)cc3)c([O+]=S(=O)(O)O)cc-2c(O)c1. The van der Waals surface area contributed by atoms with Gasteiger partial charge in [-0.25, -0.2) is 9.11 Å². The molecule has 1 aliphatic carbocycles. The highest BCUT2D eigenvalue weighted by molar-refractivity contribution is 7.80. The summed E-state index contributed by atoms with van der Waals surface area (Å²) in [5.41, 5.74) is -0.109. The lowest BCUT2D eigenvalue weighted by Gasteiger charge is -2.07. The number of hydrogen-bond donors (Lipinski definition) is 4. The van der Waals surface area contributed by atoms with Gasteiger partial charge in [0.1, 0.15) is 17.3 Å². The van der Waals surface area contributed by atoms with Crippen LogP contribution in [-0.2, 0) is 14.2 Å². The summed E-state index contributed by atoms with van der Waals surface area (Å²) in [5, 5.41) is 19.2. The Labute approximate surface area is 135 Å². The van der Waals surface area contributed by atoms with E-state index in [1.807, 2.05) is 0 Å². The van der Waals surface area contributed by atoms with E-state index in [0.29, 0.717) is 5.56 Å². The molecule has 0 fully saturated rings. The molecule has 9 heteroatoms. The van der Waals surface area contributed by atoms with Crippen molar-refractivity contribution in [3.05, 3.63) is 52.7 Å². The highest BCUT2D eigenvalue weighted by Gasteiger charge is 2.27. The Kier molecular flexibility index (Phi) is 3.76. The Hall–Kier alpha value is -2.88. The first kappa shape index (κ1) is 16.0. The molecule has 4 N–H and O–H groups in total. The van der Waals surface area contributed by atoms with Crippen LogP contribution in [0.15, 0.2) is 51.7 Å². The zero-order valence-corrected chi connectivity index (χ0v) is 12.7. The summed E-state index contributed by atoms with van der Waals surface area (Å²) in [6, 6.07) is 8.77. The summed E-state index contributed by atoms with van der Waals surface area (Å²) in [7, 11) is -4.61. The van der Waals surface area contributed by atoms with E-state index in [2.05, 4.69) is 3.84 Å². The first-order valence-electron chi connectivity index (χ1n) is 6.52. The van der Waals surface area contributed by atoms with Gasteiger partial charge < -0.3 is 14.6 Å². The Morgan fingerprint density at radius 2 is 1.67 bits per heavy atom. The molecule has 0 spiro atoms. The second kappa shape index (κ2) is 5.64. The zero-order chi connectivity index (χ0) is 17.5. The van der Waals surface area contributed by atoms with Gasteiger partial charge in [0, 0.05) is 17.7 Å². The molecule has 1 heterocycles. The molecule has 0 saturated carbocycles. The van der Waals surface area contributed by atoms with Gasteiger partial charge in [-0.3, -0.25) is 4.79 Å². The molecule has 0 amide bonds. The standard InChI is InChI=1S/C15H10O8S/c16-9-3-1-8(2-4-9)15-14(23-24(19,20)21)7-11-12(18)5-10(17)6-13(11)22-15/h1-7H,(H3-,16,17,18,19,20,21)/p+1. The number of hydrogen-bond acceptors (Lipinski definition) is 5. The van der Waals surface area contributed by atoms with Crippen LogP contribution in [0.5, 0.6) is 17.2 Å². The monoisotopic (exact) mass is 351 g/mol. The largest absolute Gasteiger partial charge is 0.563 e. The third-order valence-corrected chi connectivity index (χ3v) is 3.53. The molecule has 1 aromatic rings. The molecule has 1 aliphatic heterocycles. The molecular weight excluding hydrogens is 340 g/mol. The van der Waals surface area contributed by atoms with Crippen molar-refractivity contribution < 1.29 is 31.8 Å². The van der Waals surface area contributed by atoms with Crippen LogP contribution in [0.2, 0.25) is 0 Å². The molecule has 8 nitrogen and oxygen atoms in total. The first-order valence-corrected chi connectivity index (χ1v) is 7.91. The van der Waals surface area contributed by atoms with Crippen LogP contribution in [0.3, 0.4) is 0 Å². The van der Waals surface area contributed by atoms with E-state index in [1.54, 1.807) is 0 Å². The Morgan fingerprint density at radius 1 is 1.00 bits per heavy atom. The third kappa shape index (κ3) is 3.23. The predicted molar refractivity (Wildman–Crippen MR) is 83.9 cm³/mol. The molecule has 124 valence electrons. The molecule has 0 saturated heterocycles. The Morgan fingerprint density at radius 3 is 2.29 bits per heavy atom. The van der Waals surface area contributed by atoms with Gasteiger partial charge in [-0.1, -0.05) is 0 Å². The number of benzene rings is 2. The fraction of sp³-hybridized carbons (Fsp3) is 0. The quantitative estimate of drug-likeness (QED) is 0.411. The fourth-order valence-corrected chi connectivity index (χ4v) is 2.52. The maximum atomic E-state index is 11.5. The van der Waals surface area contributed by atoms with E-state index in [-0.39, 0.29) is 28.6 Å². The van der Waals surface area contributed by atoms with Crippen molar-refractivity contribution in [3.8, 4) is 39.9 Å². The Balaban J connectivity index is 2.39. The lowest BCUT2D eigenvalue weighted by molar-refractivity contribution is 0.205. The first-order chi connectivity index (χ1) is 11.2. The van der Waals surface area contributed by atoms with Crippen LogP contribution < -0.4 is 5.43 Å². The number of aromatic hydroxyl groups is 2. The number of rotatable bonds is 2. The Bertz CT molecular complexity index is 1050.